The number of hydrogen-bond donors (Lipinski definition) is 3. The molecule has 0 aromatic heterocycles. The second kappa shape index (κ2) is 8.71. The van der Waals surface area contributed by atoms with Gasteiger partial charge < -0.3 is 15.8 Å². The molecule has 0 heterocycles. The normalized spacial score (nSPS) is 15.9. The van der Waals surface area contributed by atoms with Crippen LogP contribution in [0.5, 0.6) is 0 Å². The zero-order valence-electron chi connectivity index (χ0n) is 14.0. The predicted molar refractivity (Wildman–Crippen MR) is 94.3 cm³/mol. The van der Waals surface area contributed by atoms with E-state index in [1.165, 1.54) is 31.5 Å². The molecule has 8 heteroatoms. The number of hydrogen-bond acceptors (Lipinski definition) is 5. The Kier molecular flexibility index (Phi) is 6.64. The summed E-state index contributed by atoms with van der Waals surface area (Å²) in [6, 6.07) is 3.79. The number of imide groups is 1. The number of carbonyl (C=O) groups is 3. The molecule has 0 spiro atoms. The lowest BCUT2D eigenvalue weighted by molar-refractivity contribution is -0.127. The van der Waals surface area contributed by atoms with Gasteiger partial charge in [0.25, 0.3) is 5.91 Å². The van der Waals surface area contributed by atoms with Gasteiger partial charge in [-0.1, -0.05) is 30.9 Å². The molecule has 7 nitrogen and oxygen atoms in total. The van der Waals surface area contributed by atoms with Crippen LogP contribution in [0.25, 0.3) is 0 Å². The van der Waals surface area contributed by atoms with E-state index in [9.17, 15) is 14.4 Å². The van der Waals surface area contributed by atoms with Crippen LogP contribution in [0.3, 0.4) is 0 Å². The van der Waals surface area contributed by atoms with E-state index in [0.717, 1.165) is 25.7 Å². The molecular weight excluding hydrogens is 346 g/mol. The van der Waals surface area contributed by atoms with E-state index in [-0.39, 0.29) is 17.3 Å². The van der Waals surface area contributed by atoms with E-state index in [1.54, 1.807) is 0 Å². The Hall–Kier alpha value is -2.28. The lowest BCUT2D eigenvalue weighted by atomic mass is 9.96. The maximum Gasteiger partial charge on any atom is 0.338 e. The Labute approximate surface area is 151 Å². The van der Waals surface area contributed by atoms with Gasteiger partial charge >= 0.3 is 12.0 Å². The molecule has 1 aliphatic rings. The van der Waals surface area contributed by atoms with E-state index >= 15 is 0 Å². The summed E-state index contributed by atoms with van der Waals surface area (Å²) in [5, 5.41) is 5.27. The molecule has 4 N–H and O–H groups in total. The van der Waals surface area contributed by atoms with Crippen molar-refractivity contribution in [1.82, 2.24) is 10.6 Å². The quantitative estimate of drug-likeness (QED) is 0.559. The summed E-state index contributed by atoms with van der Waals surface area (Å²) >= 11 is 5.79. The number of halogens is 1. The second-order valence-electron chi connectivity index (χ2n) is 6.08. The third-order valence-electron chi connectivity index (χ3n) is 4.06. The maximum absolute atomic E-state index is 12.0. The minimum absolute atomic E-state index is 0.0800. The molecule has 1 fully saturated rings. The topological polar surface area (TPSA) is 111 Å². The third-order valence-corrected chi connectivity index (χ3v) is 4.41. The highest BCUT2D eigenvalue weighted by Gasteiger charge is 2.23. The highest BCUT2D eigenvalue weighted by Crippen LogP contribution is 2.20. The summed E-state index contributed by atoms with van der Waals surface area (Å²) in [6.45, 7) is 1.39. The molecule has 0 bridgehead atoms. The number of anilines is 1. The van der Waals surface area contributed by atoms with Crippen LogP contribution in [-0.4, -0.2) is 30.1 Å². The summed E-state index contributed by atoms with van der Waals surface area (Å²) < 4.78 is 5.05. The van der Waals surface area contributed by atoms with Gasteiger partial charge in [-0.25, -0.2) is 9.59 Å². The van der Waals surface area contributed by atoms with Gasteiger partial charge in [-0.05, 0) is 38.0 Å². The molecule has 1 saturated carbocycles. The van der Waals surface area contributed by atoms with Crippen molar-refractivity contribution in [2.45, 2.75) is 51.2 Å². The Morgan fingerprint density at radius 3 is 2.56 bits per heavy atom. The largest absolute Gasteiger partial charge is 0.449 e. The van der Waals surface area contributed by atoms with Crippen molar-refractivity contribution in [3.8, 4) is 0 Å². The molecule has 1 aromatic rings. The van der Waals surface area contributed by atoms with Gasteiger partial charge in [0.05, 0.1) is 16.3 Å². The van der Waals surface area contributed by atoms with Crippen molar-refractivity contribution in [1.29, 1.82) is 0 Å². The van der Waals surface area contributed by atoms with Crippen LogP contribution in [0.4, 0.5) is 10.5 Å². The zero-order chi connectivity index (χ0) is 18.4. The van der Waals surface area contributed by atoms with Gasteiger partial charge in [-0.15, -0.1) is 0 Å². The van der Waals surface area contributed by atoms with Crippen LogP contribution in [0.15, 0.2) is 18.2 Å². The fraction of sp³-hybridized carbons (Fsp3) is 0.471. The van der Waals surface area contributed by atoms with E-state index in [4.69, 9.17) is 22.1 Å². The average molecular weight is 368 g/mol. The van der Waals surface area contributed by atoms with Crippen LogP contribution < -0.4 is 16.4 Å². The van der Waals surface area contributed by atoms with Crippen molar-refractivity contribution in [2.75, 3.05) is 5.73 Å². The summed E-state index contributed by atoms with van der Waals surface area (Å²) in [6.07, 6.45) is 3.99. The van der Waals surface area contributed by atoms with Gasteiger partial charge in [0, 0.05) is 6.04 Å². The fourth-order valence-corrected chi connectivity index (χ4v) is 2.75. The van der Waals surface area contributed by atoms with E-state index < -0.39 is 24.0 Å². The number of carbonyl (C=O) groups excluding carboxylic acids is 3. The Morgan fingerprint density at radius 2 is 1.92 bits per heavy atom. The van der Waals surface area contributed by atoms with Crippen LogP contribution in [0, 0.1) is 0 Å². The molecular formula is C17H22ClN3O4. The molecule has 1 atom stereocenters. The number of nitrogens with two attached hydrogens (primary N) is 1. The summed E-state index contributed by atoms with van der Waals surface area (Å²) in [5.41, 5.74) is 6.04. The molecule has 3 amide bonds. The summed E-state index contributed by atoms with van der Waals surface area (Å²) in [5.74, 6) is -1.41. The molecule has 0 aliphatic heterocycles. The smallest absolute Gasteiger partial charge is 0.338 e. The second-order valence-corrected chi connectivity index (χ2v) is 6.49. The summed E-state index contributed by atoms with van der Waals surface area (Å²) in [4.78, 5) is 35.9. The number of ether oxygens (including phenoxy) is 1. The molecule has 2 rings (SSSR count). The molecule has 136 valence electrons. The number of esters is 1. The van der Waals surface area contributed by atoms with Gasteiger partial charge in [0.15, 0.2) is 6.10 Å². The Balaban J connectivity index is 1.83. The number of benzene rings is 1. The molecule has 0 unspecified atom stereocenters. The Bertz CT molecular complexity index is 659. The average Bonchev–Trinajstić information content (AvgIpc) is 2.57. The highest BCUT2D eigenvalue weighted by molar-refractivity contribution is 6.33. The van der Waals surface area contributed by atoms with Crippen molar-refractivity contribution >= 4 is 35.2 Å². The SMILES string of the molecule is C[C@@H](OC(=O)c1ccc(Cl)c(N)c1)C(=O)NC(=O)NC1CCCCC1. The standard InChI is InChI=1S/C17H22ClN3O4/c1-10(25-16(23)11-7-8-13(18)14(19)9-11)15(22)21-17(24)20-12-5-3-2-4-6-12/h7-10,12H,2-6,19H2,1H3,(H2,20,21,22,24)/t10-/m1/s1. The number of urea groups is 1. The molecule has 25 heavy (non-hydrogen) atoms. The Morgan fingerprint density at radius 1 is 1.24 bits per heavy atom. The van der Waals surface area contributed by atoms with Crippen molar-refractivity contribution in [2.24, 2.45) is 0 Å². The minimum Gasteiger partial charge on any atom is -0.449 e. The van der Waals surface area contributed by atoms with Gasteiger partial charge in [-0.2, -0.15) is 0 Å². The molecule has 0 radical (unpaired) electrons. The molecule has 1 aromatic carbocycles. The first-order valence-corrected chi connectivity index (χ1v) is 8.62. The van der Waals surface area contributed by atoms with Gasteiger partial charge in [-0.3, -0.25) is 10.1 Å². The lowest BCUT2D eigenvalue weighted by Crippen LogP contribution is -2.48. The van der Waals surface area contributed by atoms with Gasteiger partial charge in [0.1, 0.15) is 0 Å². The number of rotatable bonds is 4. The molecule has 1 aliphatic carbocycles. The lowest BCUT2D eigenvalue weighted by Gasteiger charge is -2.23. The first-order chi connectivity index (χ1) is 11.9. The van der Waals surface area contributed by atoms with Crippen LogP contribution in [-0.2, 0) is 9.53 Å². The number of nitrogen functional groups attached to an aromatic ring is 1. The first-order valence-electron chi connectivity index (χ1n) is 8.24. The highest BCUT2D eigenvalue weighted by atomic mass is 35.5. The predicted octanol–water partition coefficient (Wildman–Crippen LogP) is 2.63. The number of amides is 3. The van der Waals surface area contributed by atoms with E-state index in [2.05, 4.69) is 10.6 Å². The van der Waals surface area contributed by atoms with E-state index in [0.29, 0.717) is 5.02 Å². The van der Waals surface area contributed by atoms with Crippen LogP contribution in [0.1, 0.15) is 49.4 Å². The first kappa shape index (κ1) is 19.1. The van der Waals surface area contributed by atoms with Crippen molar-refractivity contribution in [3.05, 3.63) is 28.8 Å². The number of nitrogens with one attached hydrogen (secondary N) is 2. The third kappa shape index (κ3) is 5.63. The van der Waals surface area contributed by atoms with E-state index in [1.807, 2.05) is 0 Å². The maximum atomic E-state index is 12.0. The summed E-state index contributed by atoms with van der Waals surface area (Å²) in [7, 11) is 0. The van der Waals surface area contributed by atoms with Crippen molar-refractivity contribution in [3.63, 3.8) is 0 Å². The molecule has 0 saturated heterocycles. The van der Waals surface area contributed by atoms with Crippen LogP contribution in [0.2, 0.25) is 5.02 Å². The monoisotopic (exact) mass is 367 g/mol. The van der Waals surface area contributed by atoms with Gasteiger partial charge in [0.2, 0.25) is 0 Å². The zero-order valence-corrected chi connectivity index (χ0v) is 14.8. The minimum atomic E-state index is -1.12. The fourth-order valence-electron chi connectivity index (χ4n) is 2.63. The van der Waals surface area contributed by atoms with Crippen molar-refractivity contribution < 1.29 is 19.1 Å². The van der Waals surface area contributed by atoms with Crippen LogP contribution >= 0.6 is 11.6 Å².